The highest BCUT2D eigenvalue weighted by atomic mass is 35.5. The van der Waals surface area contributed by atoms with E-state index in [4.69, 9.17) is 20.5 Å². The molecule has 0 spiro atoms. The summed E-state index contributed by atoms with van der Waals surface area (Å²) in [5, 5.41) is 10.5. The summed E-state index contributed by atoms with van der Waals surface area (Å²) >= 11 is 6.16. The smallest absolute Gasteiger partial charge is 0.131 e. The average molecular weight is 306 g/mol. The SMILES string of the molecule is [2H][13C]([2H])([2H])N1C[C@H]2c3cc(O)ccc3Oc3ccc(Cl)cc3[C@@H]2C1. The lowest BCUT2D eigenvalue weighted by Crippen LogP contribution is -2.14. The second kappa shape index (κ2) is 4.65. The van der Waals surface area contributed by atoms with Crippen molar-refractivity contribution in [3.05, 3.63) is 52.5 Å². The average Bonchev–Trinajstić information content (AvgIpc) is 2.91. The molecule has 2 aromatic carbocycles. The summed E-state index contributed by atoms with van der Waals surface area (Å²) in [5.41, 5.74) is 1.74. The molecule has 0 saturated carbocycles. The Labute approximate surface area is 132 Å². The van der Waals surface area contributed by atoms with Crippen LogP contribution < -0.4 is 4.74 Å². The first-order valence-electron chi connectivity index (χ1n) is 8.38. The van der Waals surface area contributed by atoms with Crippen LogP contribution in [0.3, 0.4) is 0 Å². The lowest BCUT2D eigenvalue weighted by molar-refractivity contribution is 0.400. The van der Waals surface area contributed by atoms with E-state index in [1.54, 1.807) is 24.3 Å². The maximum atomic E-state index is 9.89. The monoisotopic (exact) mass is 305 g/mol. The van der Waals surface area contributed by atoms with Gasteiger partial charge >= 0.3 is 0 Å². The fourth-order valence-electron chi connectivity index (χ4n) is 3.37. The van der Waals surface area contributed by atoms with Crippen molar-refractivity contribution in [2.75, 3.05) is 20.1 Å². The van der Waals surface area contributed by atoms with Crippen molar-refractivity contribution in [1.82, 2.24) is 4.90 Å². The third-order valence-electron chi connectivity index (χ3n) is 4.30. The molecule has 2 heterocycles. The highest BCUT2D eigenvalue weighted by molar-refractivity contribution is 6.30. The zero-order chi connectivity index (χ0) is 17.1. The van der Waals surface area contributed by atoms with Crippen LogP contribution in [0.25, 0.3) is 0 Å². The van der Waals surface area contributed by atoms with Gasteiger partial charge in [0.2, 0.25) is 0 Å². The van der Waals surface area contributed by atoms with Gasteiger partial charge in [0, 0.05) is 45.2 Å². The third kappa shape index (κ3) is 2.08. The Morgan fingerprint density at radius 3 is 2.52 bits per heavy atom. The van der Waals surface area contributed by atoms with Crippen LogP contribution in [-0.4, -0.2) is 30.1 Å². The van der Waals surface area contributed by atoms with Crippen LogP contribution >= 0.6 is 11.6 Å². The van der Waals surface area contributed by atoms with Crippen molar-refractivity contribution in [3.63, 3.8) is 0 Å². The van der Waals surface area contributed by atoms with E-state index < -0.39 is 6.98 Å². The Morgan fingerprint density at radius 2 is 1.81 bits per heavy atom. The summed E-state index contributed by atoms with van der Waals surface area (Å²) in [6.45, 7) is -1.37. The van der Waals surface area contributed by atoms with Crippen molar-refractivity contribution in [2.24, 2.45) is 0 Å². The molecule has 4 rings (SSSR count). The van der Waals surface area contributed by atoms with E-state index in [-0.39, 0.29) is 17.6 Å². The number of fused-ring (bicyclic) bond motifs is 5. The summed E-state index contributed by atoms with van der Waals surface area (Å²) in [7, 11) is 0. The number of likely N-dealkylation sites (N-methyl/N-ethyl adjacent to an activating group) is 1. The molecule has 2 aliphatic rings. The molecule has 0 unspecified atom stereocenters. The van der Waals surface area contributed by atoms with Gasteiger partial charge in [0.15, 0.2) is 0 Å². The molecule has 1 N–H and O–H groups in total. The van der Waals surface area contributed by atoms with Crippen molar-refractivity contribution in [2.45, 2.75) is 11.8 Å². The zero-order valence-electron chi connectivity index (χ0n) is 14.2. The predicted octanol–water partition coefficient (Wildman–Crippen LogP) is 3.96. The number of benzene rings is 2. The normalized spacial score (nSPS) is 26.4. The summed E-state index contributed by atoms with van der Waals surface area (Å²) in [6.07, 6.45) is 0. The quantitative estimate of drug-likeness (QED) is 0.748. The molecule has 4 heteroatoms. The second-order valence-corrected chi connectivity index (χ2v) is 6.06. The van der Waals surface area contributed by atoms with Gasteiger partial charge in [0.25, 0.3) is 0 Å². The molecule has 2 atom stereocenters. The number of likely N-dealkylation sites (tertiary alicyclic amines) is 1. The fraction of sp³-hybridized carbons (Fsp3) is 0.294. The van der Waals surface area contributed by atoms with Crippen LogP contribution in [0.5, 0.6) is 17.2 Å². The van der Waals surface area contributed by atoms with Gasteiger partial charge in [-0.25, -0.2) is 0 Å². The topological polar surface area (TPSA) is 32.7 Å². The number of hydrogen-bond acceptors (Lipinski definition) is 3. The van der Waals surface area contributed by atoms with Crippen molar-refractivity contribution < 1.29 is 14.0 Å². The van der Waals surface area contributed by atoms with E-state index in [0.717, 1.165) is 11.1 Å². The number of aromatic hydroxyl groups is 1. The van der Waals surface area contributed by atoms with Gasteiger partial charge in [0.05, 0.1) is 0 Å². The summed E-state index contributed by atoms with van der Waals surface area (Å²) in [5.74, 6) is 1.35. The number of phenolic OH excluding ortho intramolecular Hbond substituents is 1. The molecular weight excluding hydrogens is 287 g/mol. The standard InChI is InChI=1S/C17H16ClNO2/c1-19-8-14-12-6-10(18)2-4-16(12)21-17-5-3-11(20)7-13(17)15(14)9-19/h2-7,14-15,20H,8-9H2,1H3/t14-,15-/m0/s1/i1+1D3. The van der Waals surface area contributed by atoms with Crippen LogP contribution in [0.1, 0.15) is 27.1 Å². The molecule has 0 aromatic heterocycles. The molecule has 21 heavy (non-hydrogen) atoms. The predicted molar refractivity (Wildman–Crippen MR) is 82.6 cm³/mol. The molecule has 108 valence electrons. The Hall–Kier alpha value is -1.71. The van der Waals surface area contributed by atoms with Crippen molar-refractivity contribution in [3.8, 4) is 17.2 Å². The van der Waals surface area contributed by atoms with Gasteiger partial charge in [-0.15, -0.1) is 0 Å². The van der Waals surface area contributed by atoms with Crippen LogP contribution in [0.2, 0.25) is 5.02 Å². The Bertz CT molecular complexity index is 749. The first kappa shape index (κ1) is 10.1. The number of rotatable bonds is 0. The van der Waals surface area contributed by atoms with Gasteiger partial charge in [-0.1, -0.05) is 11.6 Å². The lowest BCUT2D eigenvalue weighted by atomic mass is 9.84. The Morgan fingerprint density at radius 1 is 1.14 bits per heavy atom. The van der Waals surface area contributed by atoms with Crippen LogP contribution in [0, 0.1) is 0 Å². The number of hydrogen-bond donors (Lipinski definition) is 1. The summed E-state index contributed by atoms with van der Waals surface area (Å²) in [4.78, 5) is 1.51. The van der Waals surface area contributed by atoms with Crippen molar-refractivity contribution in [1.29, 1.82) is 0 Å². The van der Waals surface area contributed by atoms with E-state index in [0.29, 0.717) is 29.6 Å². The molecule has 3 nitrogen and oxygen atoms in total. The first-order valence-corrected chi connectivity index (χ1v) is 7.26. The molecule has 1 saturated heterocycles. The van der Waals surface area contributed by atoms with Crippen LogP contribution in [0.4, 0.5) is 0 Å². The molecule has 0 amide bonds. The van der Waals surface area contributed by atoms with E-state index in [1.807, 2.05) is 12.1 Å². The van der Waals surface area contributed by atoms with E-state index in [2.05, 4.69) is 0 Å². The Kier molecular flexibility index (Phi) is 2.23. The minimum absolute atomic E-state index is 0.0535. The fourth-order valence-corrected chi connectivity index (χ4v) is 3.55. The van der Waals surface area contributed by atoms with Crippen LogP contribution in [0.15, 0.2) is 36.4 Å². The van der Waals surface area contributed by atoms with E-state index in [9.17, 15) is 5.11 Å². The van der Waals surface area contributed by atoms with Crippen molar-refractivity contribution >= 4 is 11.6 Å². The zero-order valence-corrected chi connectivity index (χ0v) is 12.0. The van der Waals surface area contributed by atoms with E-state index >= 15 is 0 Å². The lowest BCUT2D eigenvalue weighted by Gasteiger charge is -2.17. The highest BCUT2D eigenvalue weighted by Gasteiger charge is 2.38. The summed E-state index contributed by atoms with van der Waals surface area (Å²) < 4.78 is 29.3. The molecular formula is C17H16ClNO2. The number of ether oxygens (including phenoxy) is 1. The summed E-state index contributed by atoms with van der Waals surface area (Å²) in [6, 6.07) is 10.4. The third-order valence-corrected chi connectivity index (χ3v) is 4.54. The van der Waals surface area contributed by atoms with Gasteiger partial charge < -0.3 is 14.7 Å². The number of halogens is 1. The largest absolute Gasteiger partial charge is 0.508 e. The molecule has 0 radical (unpaired) electrons. The highest BCUT2D eigenvalue weighted by Crippen LogP contribution is 2.50. The Balaban J connectivity index is 1.88. The van der Waals surface area contributed by atoms with Gasteiger partial charge in [-0.2, -0.15) is 0 Å². The molecule has 2 aromatic rings. The van der Waals surface area contributed by atoms with Crippen LogP contribution in [-0.2, 0) is 0 Å². The molecule has 1 fully saturated rings. The number of nitrogens with zero attached hydrogens (tertiary/aromatic N) is 1. The number of phenols is 1. The van der Waals surface area contributed by atoms with Gasteiger partial charge in [-0.05, 0) is 43.4 Å². The first-order chi connectivity index (χ1) is 11.3. The minimum Gasteiger partial charge on any atom is -0.508 e. The maximum Gasteiger partial charge on any atom is 0.131 e. The minimum atomic E-state index is -2.15. The molecule has 2 aliphatic heterocycles. The molecule has 0 aliphatic carbocycles. The maximum absolute atomic E-state index is 9.89. The second-order valence-electron chi connectivity index (χ2n) is 5.62. The molecule has 0 bridgehead atoms. The van der Waals surface area contributed by atoms with Gasteiger partial charge in [0.1, 0.15) is 17.2 Å². The van der Waals surface area contributed by atoms with Gasteiger partial charge in [-0.3, -0.25) is 0 Å². The van der Waals surface area contributed by atoms with E-state index in [1.165, 1.54) is 4.90 Å².